The molecular weight excluding hydrogens is 338 g/mol. The lowest BCUT2D eigenvalue weighted by Crippen LogP contribution is -2.60. The number of carbonyl (C=O) groups excluding carboxylic acids is 1. The minimum absolute atomic E-state index is 0.0686. The van der Waals surface area contributed by atoms with E-state index in [1.165, 1.54) is 23.6 Å². The molecule has 3 rings (SSSR count). The molecule has 1 aromatic carbocycles. The van der Waals surface area contributed by atoms with Crippen molar-refractivity contribution in [3.05, 3.63) is 35.5 Å². The van der Waals surface area contributed by atoms with Gasteiger partial charge in [-0.2, -0.15) is 0 Å². The van der Waals surface area contributed by atoms with E-state index in [1.54, 1.807) is 30.5 Å². The van der Waals surface area contributed by atoms with Gasteiger partial charge < -0.3 is 10.2 Å². The Morgan fingerprint density at radius 3 is 2.70 bits per heavy atom. The lowest BCUT2D eigenvalue weighted by Gasteiger charge is -2.43. The number of amides is 1. The van der Waals surface area contributed by atoms with Crippen molar-refractivity contribution in [2.45, 2.75) is 23.3 Å². The first-order valence-electron chi connectivity index (χ1n) is 6.92. The minimum atomic E-state index is -1.18. The van der Waals surface area contributed by atoms with E-state index in [1.807, 2.05) is 0 Å². The predicted molar refractivity (Wildman–Crippen MR) is 86.7 cm³/mol. The second-order valence-electron chi connectivity index (χ2n) is 5.45. The van der Waals surface area contributed by atoms with Crippen LogP contribution in [0.25, 0.3) is 4.91 Å². The minimum Gasteiger partial charge on any atom is -0.477 e. The molecule has 23 heavy (non-hydrogen) atoms. The smallest absolute Gasteiger partial charge is 0.353 e. The van der Waals surface area contributed by atoms with E-state index in [4.69, 9.17) is 0 Å². The number of aliphatic carboxylic acids is 1. The zero-order valence-corrected chi connectivity index (χ0v) is 14.1. The molecule has 1 unspecified atom stereocenters. The van der Waals surface area contributed by atoms with Crippen molar-refractivity contribution in [3.63, 3.8) is 0 Å². The zero-order valence-electron chi connectivity index (χ0n) is 12.4. The van der Waals surface area contributed by atoms with Crippen LogP contribution in [0.1, 0.15) is 12.5 Å². The van der Waals surface area contributed by atoms with Gasteiger partial charge in [-0.05, 0) is 24.6 Å². The number of aliphatic hydroxyl groups is 1. The van der Waals surface area contributed by atoms with E-state index in [0.29, 0.717) is 15.4 Å². The first-order valence-corrected chi connectivity index (χ1v) is 9.36. The number of rotatable bonds is 4. The van der Waals surface area contributed by atoms with Gasteiger partial charge in [0.15, 0.2) is 0 Å². The van der Waals surface area contributed by atoms with E-state index in [0.717, 1.165) is 0 Å². The first-order chi connectivity index (χ1) is 10.8. The predicted octanol–water partition coefficient (Wildman–Crippen LogP) is 1.09. The lowest BCUT2D eigenvalue weighted by atomic mass is 9.92. The number of nitrogens with zero attached hydrogens (tertiary/aromatic N) is 1. The van der Waals surface area contributed by atoms with Gasteiger partial charge in [-0.25, -0.2) is 4.79 Å². The molecule has 2 N–H and O–H groups in total. The van der Waals surface area contributed by atoms with Crippen LogP contribution < -0.4 is 0 Å². The summed E-state index contributed by atoms with van der Waals surface area (Å²) >= 11 is 1.26. The van der Waals surface area contributed by atoms with Crippen LogP contribution in [0.4, 0.5) is 0 Å². The number of thioether (sulfide) groups is 1. The summed E-state index contributed by atoms with van der Waals surface area (Å²) < 4.78 is 11.6. The Balaban J connectivity index is 2.05. The summed E-state index contributed by atoms with van der Waals surface area (Å²) in [6.07, 6.45) is 0.716. The highest BCUT2D eigenvalue weighted by molar-refractivity contribution is 8.09. The summed E-state index contributed by atoms with van der Waals surface area (Å²) in [5.74, 6) is -2.16. The number of carbonyl (C=O) groups is 2. The van der Waals surface area contributed by atoms with Gasteiger partial charge in [-0.3, -0.25) is 13.9 Å². The zero-order chi connectivity index (χ0) is 16.9. The second-order valence-corrected chi connectivity index (χ2v) is 7.95. The Morgan fingerprint density at radius 1 is 1.43 bits per heavy atom. The molecule has 0 spiro atoms. The second kappa shape index (κ2) is 5.77. The molecule has 0 radical (unpaired) electrons. The maximum Gasteiger partial charge on any atom is 0.353 e. The first kappa shape index (κ1) is 16.2. The van der Waals surface area contributed by atoms with Crippen molar-refractivity contribution in [3.8, 4) is 0 Å². The summed E-state index contributed by atoms with van der Waals surface area (Å²) in [6, 6.07) is 6.83. The van der Waals surface area contributed by atoms with Crippen LogP contribution in [-0.2, 0) is 20.4 Å². The van der Waals surface area contributed by atoms with Crippen molar-refractivity contribution < 1.29 is 24.0 Å². The van der Waals surface area contributed by atoms with E-state index < -0.39 is 34.2 Å². The molecule has 1 fully saturated rings. The number of hydrogen-bond donors (Lipinski definition) is 2. The molecule has 6 nitrogen and oxygen atoms in total. The van der Waals surface area contributed by atoms with E-state index in [-0.39, 0.29) is 11.6 Å². The van der Waals surface area contributed by atoms with Crippen LogP contribution in [0.5, 0.6) is 0 Å². The number of carboxylic acids is 1. The van der Waals surface area contributed by atoms with Crippen LogP contribution in [0, 0.1) is 5.92 Å². The highest BCUT2D eigenvalue weighted by atomic mass is 32.2. The fourth-order valence-electron chi connectivity index (χ4n) is 2.80. The molecule has 4 atom stereocenters. The van der Waals surface area contributed by atoms with Gasteiger partial charge in [-0.1, -0.05) is 23.9 Å². The molecule has 1 amide bonds. The quantitative estimate of drug-likeness (QED) is 0.787. The van der Waals surface area contributed by atoms with Gasteiger partial charge in [0.05, 0.1) is 12.0 Å². The van der Waals surface area contributed by atoms with Gasteiger partial charge in [-0.15, -0.1) is 0 Å². The summed E-state index contributed by atoms with van der Waals surface area (Å²) in [4.78, 5) is 26.1. The fourth-order valence-corrected chi connectivity index (χ4v) is 4.97. The SMILES string of the molecule is C[C@@H](O)[C@H]1C(=O)N2C(C(=O)O)=C(c3cccc(S(C)=O)c3)S[C@H]12. The summed E-state index contributed by atoms with van der Waals surface area (Å²) in [5, 5.41) is 18.8. The highest BCUT2D eigenvalue weighted by Crippen LogP contribution is 2.53. The Hall–Kier alpha value is -1.64. The molecule has 1 saturated heterocycles. The van der Waals surface area contributed by atoms with Gasteiger partial charge >= 0.3 is 5.97 Å². The van der Waals surface area contributed by atoms with Gasteiger partial charge in [0, 0.05) is 26.9 Å². The number of hydrogen-bond acceptors (Lipinski definition) is 5. The average Bonchev–Trinajstić information content (AvgIpc) is 2.82. The molecule has 2 aliphatic rings. The molecule has 1 aromatic rings. The molecule has 0 saturated carbocycles. The summed E-state index contributed by atoms with van der Waals surface area (Å²) in [5.41, 5.74) is 0.549. The normalized spacial score (nSPS) is 25.9. The van der Waals surface area contributed by atoms with Crippen molar-refractivity contribution in [1.29, 1.82) is 0 Å². The third-order valence-electron chi connectivity index (χ3n) is 3.93. The fraction of sp³-hybridized carbons (Fsp3) is 0.333. The number of carboxylic acid groups (broad SMARTS) is 1. The summed E-state index contributed by atoms with van der Waals surface area (Å²) in [7, 11) is -1.18. The van der Waals surface area contributed by atoms with E-state index in [9.17, 15) is 24.0 Å². The highest BCUT2D eigenvalue weighted by Gasteiger charge is 2.57. The molecule has 0 bridgehead atoms. The van der Waals surface area contributed by atoms with Crippen LogP contribution in [0.2, 0.25) is 0 Å². The number of aliphatic hydroxyl groups excluding tert-OH is 1. The maximum atomic E-state index is 12.2. The molecule has 8 heteroatoms. The number of benzene rings is 1. The Bertz CT molecular complexity index is 758. The molecule has 2 heterocycles. The van der Waals surface area contributed by atoms with Crippen molar-refractivity contribution in [2.75, 3.05) is 6.26 Å². The Kier molecular flexibility index (Phi) is 4.07. The molecular formula is C15H15NO5S2. The molecule has 0 aliphatic carbocycles. The van der Waals surface area contributed by atoms with Crippen molar-refractivity contribution in [2.24, 2.45) is 5.92 Å². The van der Waals surface area contributed by atoms with Crippen molar-refractivity contribution in [1.82, 2.24) is 4.90 Å². The number of fused-ring (bicyclic) bond motifs is 1. The largest absolute Gasteiger partial charge is 0.477 e. The van der Waals surface area contributed by atoms with Crippen LogP contribution in [-0.4, -0.2) is 48.9 Å². The molecule has 122 valence electrons. The third-order valence-corrected chi connectivity index (χ3v) is 6.26. The monoisotopic (exact) mass is 353 g/mol. The molecule has 2 aliphatic heterocycles. The lowest BCUT2D eigenvalue weighted by molar-refractivity contribution is -0.156. The van der Waals surface area contributed by atoms with Crippen LogP contribution >= 0.6 is 11.8 Å². The standard InChI is InChI=1S/C15H15NO5S2/c1-7(17)10-13(18)16-11(15(19)20)12(22-14(10)16)8-4-3-5-9(6-8)23(2)21/h3-7,10,14,17H,1-2H3,(H,19,20)/t7-,10+,14-,23?/m1/s1. The Morgan fingerprint density at radius 2 is 2.13 bits per heavy atom. The van der Waals surface area contributed by atoms with Gasteiger partial charge in [0.2, 0.25) is 5.91 Å². The number of β-lactam (4-membered cyclic amide) rings is 1. The van der Waals surface area contributed by atoms with E-state index in [2.05, 4.69) is 0 Å². The Labute approximate surface area is 139 Å². The van der Waals surface area contributed by atoms with Gasteiger partial charge in [0.1, 0.15) is 11.1 Å². The summed E-state index contributed by atoms with van der Waals surface area (Å²) in [6.45, 7) is 1.53. The average molecular weight is 353 g/mol. The van der Waals surface area contributed by atoms with Crippen LogP contribution in [0.3, 0.4) is 0 Å². The third kappa shape index (κ3) is 2.50. The molecule has 0 aromatic heterocycles. The maximum absolute atomic E-state index is 12.2. The van der Waals surface area contributed by atoms with Crippen LogP contribution in [0.15, 0.2) is 34.9 Å². The van der Waals surface area contributed by atoms with E-state index >= 15 is 0 Å². The topological polar surface area (TPSA) is 94.9 Å². The van der Waals surface area contributed by atoms with Gasteiger partial charge in [0.25, 0.3) is 0 Å². The van der Waals surface area contributed by atoms with Crippen molar-refractivity contribution >= 4 is 39.3 Å².